The van der Waals surface area contributed by atoms with Gasteiger partial charge in [0.05, 0.1) is 12.3 Å². The van der Waals surface area contributed by atoms with Crippen LogP contribution in [0.25, 0.3) is 6.08 Å². The van der Waals surface area contributed by atoms with Gasteiger partial charge in [-0.25, -0.2) is 4.68 Å². The molecule has 25 heavy (non-hydrogen) atoms. The van der Waals surface area contributed by atoms with E-state index in [1.165, 1.54) is 18.3 Å². The molecule has 2 heterocycles. The molecule has 0 unspecified atom stereocenters. The van der Waals surface area contributed by atoms with Gasteiger partial charge in [0.2, 0.25) is 0 Å². The number of allylic oxidation sites excluding steroid dienone is 1. The molecule has 0 N–H and O–H groups in total. The fraction of sp³-hybridized carbons (Fsp3) is 0.176. The fourth-order valence-corrected chi connectivity index (χ4v) is 2.22. The van der Waals surface area contributed by atoms with E-state index in [-0.39, 0.29) is 5.56 Å². The van der Waals surface area contributed by atoms with Gasteiger partial charge in [0, 0.05) is 18.2 Å². The number of aromatic nitrogens is 2. The van der Waals surface area contributed by atoms with E-state index in [1.807, 2.05) is 6.08 Å². The summed E-state index contributed by atoms with van der Waals surface area (Å²) in [6.07, 6.45) is 2.82. The normalized spacial score (nSPS) is 14.4. The number of carbonyl (C=O) groups excluding carboxylic acids is 1. The topological polar surface area (TPSA) is 53.4 Å². The first-order valence-electron chi connectivity index (χ1n) is 7.38. The van der Waals surface area contributed by atoms with Gasteiger partial charge in [-0.1, -0.05) is 6.07 Å². The Kier molecular flexibility index (Phi) is 4.60. The fourth-order valence-electron chi connectivity index (χ4n) is 2.22. The molecule has 5 nitrogen and oxygen atoms in total. The molecule has 2 aromatic rings. The Morgan fingerprint density at radius 2 is 2.12 bits per heavy atom. The van der Waals surface area contributed by atoms with Crippen LogP contribution in [0.2, 0.25) is 0 Å². The predicted molar refractivity (Wildman–Crippen MR) is 82.8 cm³/mol. The Bertz CT molecular complexity index is 838. The number of halogens is 3. The Morgan fingerprint density at radius 3 is 2.84 bits per heavy atom. The lowest BCUT2D eigenvalue weighted by molar-refractivity contribution is -0.274. The smallest absolute Gasteiger partial charge is 0.494 e. The molecule has 0 fully saturated rings. The van der Waals surface area contributed by atoms with Crippen LogP contribution in [0.5, 0.6) is 5.75 Å². The van der Waals surface area contributed by atoms with Crippen LogP contribution >= 0.6 is 0 Å². The van der Waals surface area contributed by atoms with Crippen molar-refractivity contribution < 1.29 is 27.4 Å². The summed E-state index contributed by atoms with van der Waals surface area (Å²) in [6.45, 7) is 0.642. The molecule has 0 atom stereocenters. The number of rotatable bonds is 4. The van der Waals surface area contributed by atoms with Gasteiger partial charge in [0.15, 0.2) is 0 Å². The maximum atomic E-state index is 12.3. The molecule has 1 aliphatic rings. The summed E-state index contributed by atoms with van der Waals surface area (Å²) in [5, 5.41) is 4.09. The second-order valence-electron chi connectivity index (χ2n) is 5.14. The van der Waals surface area contributed by atoms with Gasteiger partial charge < -0.3 is 9.47 Å². The number of carbonyl (C=O) groups is 1. The molecule has 0 saturated heterocycles. The summed E-state index contributed by atoms with van der Waals surface area (Å²) >= 11 is 0. The van der Waals surface area contributed by atoms with Crippen molar-refractivity contribution in [3.05, 3.63) is 65.7 Å². The first-order valence-corrected chi connectivity index (χ1v) is 7.38. The third-order valence-corrected chi connectivity index (χ3v) is 3.28. The lowest BCUT2D eigenvalue weighted by atomic mass is 10.2. The number of ether oxygens (including phenoxy) is 2. The zero-order valence-electron chi connectivity index (χ0n) is 12.9. The van der Waals surface area contributed by atoms with Crippen molar-refractivity contribution in [2.75, 3.05) is 6.61 Å². The van der Waals surface area contributed by atoms with E-state index in [1.54, 1.807) is 18.2 Å². The van der Waals surface area contributed by atoms with E-state index in [0.717, 1.165) is 29.0 Å². The lowest BCUT2D eigenvalue weighted by Gasteiger charge is -2.09. The number of hydrogen-bond acceptors (Lipinski definition) is 4. The number of hydrogen-bond donors (Lipinski definition) is 0. The van der Waals surface area contributed by atoms with Crippen molar-refractivity contribution in [3.63, 3.8) is 0 Å². The van der Waals surface area contributed by atoms with Crippen molar-refractivity contribution in [3.8, 4) is 5.75 Å². The second kappa shape index (κ2) is 6.84. The number of alkyl halides is 3. The van der Waals surface area contributed by atoms with Gasteiger partial charge in [-0.15, -0.1) is 13.2 Å². The highest BCUT2D eigenvalue weighted by molar-refractivity contribution is 5.95. The predicted octanol–water partition coefficient (Wildman–Crippen LogP) is 3.79. The van der Waals surface area contributed by atoms with Gasteiger partial charge in [0.1, 0.15) is 11.5 Å². The third-order valence-electron chi connectivity index (χ3n) is 3.28. The molecule has 0 aliphatic carbocycles. The van der Waals surface area contributed by atoms with Crippen LogP contribution in [0.1, 0.15) is 22.5 Å². The van der Waals surface area contributed by atoms with Crippen molar-refractivity contribution in [2.24, 2.45) is 0 Å². The molecule has 0 spiro atoms. The van der Waals surface area contributed by atoms with E-state index >= 15 is 0 Å². The van der Waals surface area contributed by atoms with Crippen LogP contribution in [-0.2, 0) is 4.74 Å². The van der Waals surface area contributed by atoms with E-state index in [2.05, 4.69) is 9.84 Å². The molecule has 1 aromatic heterocycles. The van der Waals surface area contributed by atoms with Crippen LogP contribution < -0.4 is 4.74 Å². The Hall–Kier alpha value is -3.03. The van der Waals surface area contributed by atoms with Gasteiger partial charge in [-0.05, 0) is 42.5 Å². The molecule has 0 bridgehead atoms. The molecular weight excluding hydrogens is 337 g/mol. The van der Waals surface area contributed by atoms with Crippen LogP contribution in [0.4, 0.5) is 13.2 Å². The molecular formula is C17H13F3N2O3. The monoisotopic (exact) mass is 350 g/mol. The molecule has 1 aliphatic heterocycles. The number of nitrogens with zero attached hydrogens (tertiary/aromatic N) is 2. The minimum Gasteiger partial charge on any atom is -0.494 e. The van der Waals surface area contributed by atoms with Gasteiger partial charge >= 0.3 is 6.36 Å². The van der Waals surface area contributed by atoms with E-state index in [9.17, 15) is 18.0 Å². The summed E-state index contributed by atoms with van der Waals surface area (Å²) in [7, 11) is 0. The van der Waals surface area contributed by atoms with Crippen LogP contribution in [0.3, 0.4) is 0 Å². The molecule has 8 heteroatoms. The third kappa shape index (κ3) is 4.50. The molecule has 0 amide bonds. The van der Waals surface area contributed by atoms with Crippen molar-refractivity contribution in [1.29, 1.82) is 0 Å². The molecule has 3 rings (SSSR count). The van der Waals surface area contributed by atoms with Crippen molar-refractivity contribution in [1.82, 2.24) is 9.78 Å². The van der Waals surface area contributed by atoms with Crippen LogP contribution in [0.15, 0.2) is 54.4 Å². The highest BCUT2D eigenvalue weighted by Crippen LogP contribution is 2.23. The van der Waals surface area contributed by atoms with Gasteiger partial charge in [-0.3, -0.25) is 4.79 Å². The van der Waals surface area contributed by atoms with Crippen LogP contribution in [-0.4, -0.2) is 28.7 Å². The zero-order valence-corrected chi connectivity index (χ0v) is 12.9. The second-order valence-corrected chi connectivity index (χ2v) is 5.14. The first kappa shape index (κ1) is 16.8. The highest BCUT2D eigenvalue weighted by Gasteiger charge is 2.31. The van der Waals surface area contributed by atoms with Crippen molar-refractivity contribution in [2.45, 2.75) is 12.8 Å². The van der Waals surface area contributed by atoms with Crippen molar-refractivity contribution >= 4 is 12.0 Å². The molecule has 0 radical (unpaired) electrons. The Morgan fingerprint density at radius 1 is 1.28 bits per heavy atom. The van der Waals surface area contributed by atoms with E-state index in [0.29, 0.717) is 12.3 Å². The Balaban J connectivity index is 1.74. The molecule has 130 valence electrons. The summed E-state index contributed by atoms with van der Waals surface area (Å²) in [5.74, 6) is -0.294. The molecule has 0 saturated carbocycles. The summed E-state index contributed by atoms with van der Waals surface area (Å²) in [6, 6.07) is 6.45. The van der Waals surface area contributed by atoms with Gasteiger partial charge in [-0.2, -0.15) is 5.10 Å². The van der Waals surface area contributed by atoms with E-state index < -0.39 is 18.0 Å². The minimum atomic E-state index is -4.82. The first-order chi connectivity index (χ1) is 11.9. The quantitative estimate of drug-likeness (QED) is 0.842. The zero-order chi connectivity index (χ0) is 17.9. The lowest BCUT2D eigenvalue weighted by Crippen LogP contribution is -2.18. The summed E-state index contributed by atoms with van der Waals surface area (Å²) in [5.41, 5.74) is 0.551. The standard InChI is InChI=1S/C17H13F3N2O3/c18-17(19,20)25-15-4-1-3-12(11-15)16(23)22-9-8-13(21-22)6-7-14-5-2-10-24-14/h1,3-9,11H,2,10H2/b7-6+. The van der Waals surface area contributed by atoms with E-state index in [4.69, 9.17) is 4.74 Å². The number of benzene rings is 1. The largest absolute Gasteiger partial charge is 0.573 e. The maximum absolute atomic E-state index is 12.3. The van der Waals surface area contributed by atoms with Gasteiger partial charge in [0.25, 0.3) is 5.91 Å². The summed E-state index contributed by atoms with van der Waals surface area (Å²) < 4.78 is 47.0. The molecule has 1 aromatic carbocycles. The van der Waals surface area contributed by atoms with Crippen LogP contribution in [0, 0.1) is 0 Å². The average molecular weight is 350 g/mol. The highest BCUT2D eigenvalue weighted by atomic mass is 19.4. The SMILES string of the molecule is O=C(c1cccc(OC(F)(F)F)c1)n1ccc(/C=C/C2=CCCO2)n1. The summed E-state index contributed by atoms with van der Waals surface area (Å²) in [4.78, 5) is 12.3. The Labute approximate surface area is 141 Å². The minimum absolute atomic E-state index is 0.0298. The average Bonchev–Trinajstić information content (AvgIpc) is 3.22. The maximum Gasteiger partial charge on any atom is 0.573 e.